The Bertz CT molecular complexity index is 1960. The normalized spacial score (nSPS) is 14.8. The molecule has 1 amide bonds. The van der Waals surface area contributed by atoms with Gasteiger partial charge in [-0.2, -0.15) is 5.10 Å². The minimum atomic E-state index is -0.689. The summed E-state index contributed by atoms with van der Waals surface area (Å²) in [6.07, 6.45) is 6.18. The summed E-state index contributed by atoms with van der Waals surface area (Å²) < 4.78 is 54.0. The molecule has 0 atom stereocenters. The highest BCUT2D eigenvalue weighted by Crippen LogP contribution is 2.38. The molecule has 1 aliphatic carbocycles. The van der Waals surface area contributed by atoms with Crippen LogP contribution in [-0.4, -0.2) is 78.6 Å². The van der Waals surface area contributed by atoms with Crippen LogP contribution in [0.1, 0.15) is 29.8 Å². The van der Waals surface area contributed by atoms with Crippen LogP contribution in [0.2, 0.25) is 0 Å². The van der Waals surface area contributed by atoms with Crippen molar-refractivity contribution in [2.24, 2.45) is 5.92 Å². The summed E-state index contributed by atoms with van der Waals surface area (Å²) in [6, 6.07) is 15.1. The number of ether oxygens (including phenoxy) is 4. The number of halogens is 2. The number of hydrogen-bond acceptors (Lipinski definition) is 9. The molecule has 3 heterocycles. The largest absolute Gasteiger partial charge is 0.493 e. The summed E-state index contributed by atoms with van der Waals surface area (Å²) in [5.41, 5.74) is 1.38. The number of anilines is 1. The Balaban J connectivity index is 1.04. The summed E-state index contributed by atoms with van der Waals surface area (Å²) in [7, 11) is 1.56. The van der Waals surface area contributed by atoms with Crippen LogP contribution in [-0.2, 0) is 0 Å². The van der Waals surface area contributed by atoms with Crippen molar-refractivity contribution in [1.82, 2.24) is 25.0 Å². The number of hydrogen-bond donors (Lipinski definition) is 2. The third-order valence-corrected chi connectivity index (χ3v) is 8.64. The van der Waals surface area contributed by atoms with Gasteiger partial charge < -0.3 is 34.5 Å². The summed E-state index contributed by atoms with van der Waals surface area (Å²) in [6.45, 7) is 6.02. The molecule has 2 aromatic heterocycles. The van der Waals surface area contributed by atoms with Crippen LogP contribution in [0.25, 0.3) is 16.6 Å². The predicted octanol–water partition coefficient (Wildman–Crippen LogP) is 6.21. The molecule has 0 radical (unpaired) electrons. The fraction of sp³-hybridized carbons (Fsp3) is 0.324. The number of amides is 1. The monoisotopic (exact) mass is 684 g/mol. The average Bonchev–Trinajstić information content (AvgIpc) is 3.87. The fourth-order valence-corrected chi connectivity index (χ4v) is 5.70. The first-order valence-electron chi connectivity index (χ1n) is 16.7. The van der Waals surface area contributed by atoms with Gasteiger partial charge in [0, 0.05) is 62.1 Å². The topological polar surface area (TPSA) is 112 Å². The lowest BCUT2D eigenvalue weighted by Gasteiger charge is -2.27. The number of benzene rings is 3. The standard InChI is InChI=1S/C37H38F2N6O5/c1-47-33-20-28-30(21-34(33)48-18-2-15-44-16-13-40-14-17-44)41-12-11-31(28)50-32-10-7-26(19-29(32)39)42-37(46)36-35(49-23-24-3-4-24)22-45(43-36)27-8-5-25(38)6-9-27/h5-12,19-22,24,40H,2-4,13-18,23H2,1H3,(H,42,46). The summed E-state index contributed by atoms with van der Waals surface area (Å²) in [5, 5.41) is 11.1. The van der Waals surface area contributed by atoms with Gasteiger partial charge in [-0.3, -0.25) is 9.78 Å². The Hall–Kier alpha value is -5.27. The van der Waals surface area contributed by atoms with Crippen LogP contribution in [0.5, 0.6) is 28.7 Å². The smallest absolute Gasteiger partial charge is 0.280 e. The number of methoxy groups -OCH3 is 1. The summed E-state index contributed by atoms with van der Waals surface area (Å²) in [5.74, 6) is 0.468. The molecule has 2 aliphatic rings. The Labute approximate surface area is 288 Å². The minimum absolute atomic E-state index is 0.0239. The van der Waals surface area contributed by atoms with Gasteiger partial charge in [-0.1, -0.05) is 0 Å². The van der Waals surface area contributed by atoms with E-state index in [0.717, 1.165) is 52.0 Å². The van der Waals surface area contributed by atoms with Crippen LogP contribution in [0.4, 0.5) is 14.5 Å². The molecule has 260 valence electrons. The number of aromatic nitrogens is 3. The van der Waals surface area contributed by atoms with Crippen molar-refractivity contribution < 1.29 is 32.5 Å². The molecule has 1 aliphatic heterocycles. The van der Waals surface area contributed by atoms with Gasteiger partial charge in [0.1, 0.15) is 11.6 Å². The molecule has 3 aromatic carbocycles. The molecule has 7 rings (SSSR count). The molecule has 0 spiro atoms. The van der Waals surface area contributed by atoms with Crippen LogP contribution in [0.15, 0.2) is 73.1 Å². The van der Waals surface area contributed by atoms with Crippen molar-refractivity contribution in [3.05, 3.63) is 90.4 Å². The molecule has 1 saturated heterocycles. The molecule has 0 bridgehead atoms. The van der Waals surface area contributed by atoms with Gasteiger partial charge in [0.2, 0.25) is 0 Å². The first-order chi connectivity index (χ1) is 24.4. The van der Waals surface area contributed by atoms with Crippen molar-refractivity contribution in [2.75, 3.05) is 58.4 Å². The van der Waals surface area contributed by atoms with Crippen molar-refractivity contribution in [2.45, 2.75) is 19.3 Å². The van der Waals surface area contributed by atoms with E-state index in [9.17, 15) is 9.18 Å². The van der Waals surface area contributed by atoms with Crippen LogP contribution in [0, 0.1) is 17.6 Å². The van der Waals surface area contributed by atoms with Gasteiger partial charge in [0.25, 0.3) is 5.91 Å². The second-order valence-electron chi connectivity index (χ2n) is 12.3. The zero-order valence-electron chi connectivity index (χ0n) is 27.7. The number of rotatable bonds is 14. The summed E-state index contributed by atoms with van der Waals surface area (Å²) in [4.78, 5) is 20.2. The van der Waals surface area contributed by atoms with Crippen LogP contribution >= 0.6 is 0 Å². The highest BCUT2D eigenvalue weighted by molar-refractivity contribution is 6.04. The fourth-order valence-electron chi connectivity index (χ4n) is 5.70. The molecule has 1 saturated carbocycles. The van der Waals surface area contributed by atoms with Gasteiger partial charge in [0.05, 0.1) is 37.7 Å². The van der Waals surface area contributed by atoms with Gasteiger partial charge in [-0.15, -0.1) is 0 Å². The maximum Gasteiger partial charge on any atom is 0.280 e. The highest BCUT2D eigenvalue weighted by Gasteiger charge is 2.25. The number of nitrogens with one attached hydrogen (secondary N) is 2. The van der Waals surface area contributed by atoms with E-state index in [1.807, 2.05) is 0 Å². The Kier molecular flexibility index (Phi) is 10.0. The Morgan fingerprint density at radius 2 is 1.76 bits per heavy atom. The van der Waals surface area contributed by atoms with E-state index in [1.54, 1.807) is 49.8 Å². The molecule has 0 unspecified atom stereocenters. The molecule has 2 N–H and O–H groups in total. The zero-order valence-corrected chi connectivity index (χ0v) is 27.7. The quantitative estimate of drug-likeness (QED) is 0.132. The third kappa shape index (κ3) is 7.95. The lowest BCUT2D eigenvalue weighted by molar-refractivity contribution is 0.101. The lowest BCUT2D eigenvalue weighted by Crippen LogP contribution is -2.43. The van der Waals surface area contributed by atoms with Crippen molar-refractivity contribution in [3.63, 3.8) is 0 Å². The molecule has 50 heavy (non-hydrogen) atoms. The third-order valence-electron chi connectivity index (χ3n) is 8.64. The number of pyridine rings is 1. The van der Waals surface area contributed by atoms with Crippen LogP contribution < -0.4 is 29.6 Å². The zero-order chi connectivity index (χ0) is 34.5. The van der Waals surface area contributed by atoms with E-state index >= 15 is 4.39 Å². The van der Waals surface area contributed by atoms with Crippen molar-refractivity contribution >= 4 is 22.5 Å². The van der Waals surface area contributed by atoms with E-state index in [0.29, 0.717) is 53.0 Å². The molecule has 13 heteroatoms. The number of piperazine rings is 1. The van der Waals surface area contributed by atoms with Crippen molar-refractivity contribution in [1.29, 1.82) is 0 Å². The second kappa shape index (κ2) is 15.1. The first-order valence-corrected chi connectivity index (χ1v) is 16.7. The molecular weight excluding hydrogens is 646 g/mol. The average molecular weight is 685 g/mol. The number of nitrogens with zero attached hydrogens (tertiary/aromatic N) is 4. The Morgan fingerprint density at radius 1 is 0.940 bits per heavy atom. The molecule has 5 aromatic rings. The molecule has 11 nitrogen and oxygen atoms in total. The van der Waals surface area contributed by atoms with Gasteiger partial charge in [-0.25, -0.2) is 13.5 Å². The van der Waals surface area contributed by atoms with E-state index in [-0.39, 0.29) is 28.7 Å². The minimum Gasteiger partial charge on any atom is -0.493 e. The SMILES string of the molecule is COc1cc2c(Oc3ccc(NC(=O)c4nn(-c5ccc(F)cc5)cc4OCC4CC4)cc3F)ccnc2cc1OCCCN1CCNCC1. The van der Waals surface area contributed by atoms with Crippen LogP contribution in [0.3, 0.4) is 0 Å². The number of fused-ring (bicyclic) bond motifs is 1. The predicted molar refractivity (Wildman–Crippen MR) is 184 cm³/mol. The second-order valence-corrected chi connectivity index (χ2v) is 12.3. The molecule has 2 fully saturated rings. The lowest BCUT2D eigenvalue weighted by atomic mass is 10.1. The van der Waals surface area contributed by atoms with Gasteiger partial charge >= 0.3 is 0 Å². The maximum absolute atomic E-state index is 15.4. The maximum atomic E-state index is 15.4. The van der Waals surface area contributed by atoms with E-state index in [4.69, 9.17) is 18.9 Å². The number of carbonyl (C=O) groups excluding carboxylic acids is 1. The van der Waals surface area contributed by atoms with Gasteiger partial charge in [-0.05, 0) is 73.7 Å². The molecular formula is C37H38F2N6O5. The Morgan fingerprint density at radius 3 is 2.52 bits per heavy atom. The van der Waals surface area contributed by atoms with E-state index < -0.39 is 11.7 Å². The van der Waals surface area contributed by atoms with Gasteiger partial charge in [0.15, 0.2) is 34.5 Å². The first kappa shape index (κ1) is 33.2. The highest BCUT2D eigenvalue weighted by atomic mass is 19.1. The van der Waals surface area contributed by atoms with E-state index in [2.05, 4.69) is 25.6 Å². The summed E-state index contributed by atoms with van der Waals surface area (Å²) >= 11 is 0. The van der Waals surface area contributed by atoms with Crippen molar-refractivity contribution in [3.8, 4) is 34.4 Å². The number of carbonyl (C=O) groups is 1. The van der Waals surface area contributed by atoms with E-state index in [1.165, 1.54) is 35.0 Å².